The van der Waals surface area contributed by atoms with Gasteiger partial charge in [-0.1, -0.05) is 6.08 Å². The van der Waals surface area contributed by atoms with Gasteiger partial charge in [-0.15, -0.1) is 6.58 Å². The van der Waals surface area contributed by atoms with Crippen molar-refractivity contribution < 1.29 is 24.2 Å². The first kappa shape index (κ1) is 16.6. The van der Waals surface area contributed by atoms with E-state index in [1.807, 2.05) is 0 Å². The zero-order valence-electron chi connectivity index (χ0n) is 11.4. The molecule has 1 N–H and O–H groups in total. The highest BCUT2D eigenvalue weighted by Crippen LogP contribution is 2.15. The zero-order valence-corrected chi connectivity index (χ0v) is 11.4. The molecule has 0 saturated carbocycles. The number of ether oxygens (including phenoxy) is 2. The van der Waals surface area contributed by atoms with Gasteiger partial charge in [-0.3, -0.25) is 4.79 Å². The molecule has 0 bridgehead atoms. The second-order valence-electron chi connectivity index (χ2n) is 4.55. The standard InChI is InChI=1S/C13H22O5/c1-6-7-10(12(15)17-8(2)3)11(14)13(16)18-9(4)5/h6,8-11,14H,1,7H2,2-5H3/t10?,11-/m0/s1. The Kier molecular flexibility index (Phi) is 7.27. The molecule has 0 spiro atoms. The number of aliphatic hydroxyl groups is 1. The zero-order chi connectivity index (χ0) is 14.3. The van der Waals surface area contributed by atoms with Crippen molar-refractivity contribution in [1.82, 2.24) is 0 Å². The molecule has 0 aliphatic rings. The fraction of sp³-hybridized carbons (Fsp3) is 0.692. The third-order valence-corrected chi connectivity index (χ3v) is 2.05. The van der Waals surface area contributed by atoms with Crippen LogP contribution >= 0.6 is 0 Å². The molecule has 0 fully saturated rings. The predicted octanol–water partition coefficient (Wildman–Crippen LogP) is 1.44. The quantitative estimate of drug-likeness (QED) is 0.552. The van der Waals surface area contributed by atoms with Crippen LogP contribution in [0, 0.1) is 5.92 Å². The molecule has 0 aromatic carbocycles. The molecule has 0 saturated heterocycles. The van der Waals surface area contributed by atoms with Gasteiger partial charge in [-0.2, -0.15) is 0 Å². The van der Waals surface area contributed by atoms with Crippen molar-refractivity contribution in [2.45, 2.75) is 52.4 Å². The minimum atomic E-state index is -1.53. The second-order valence-corrected chi connectivity index (χ2v) is 4.55. The highest BCUT2D eigenvalue weighted by Gasteiger charge is 2.34. The Balaban J connectivity index is 4.71. The second kappa shape index (κ2) is 7.87. The van der Waals surface area contributed by atoms with Gasteiger partial charge in [0.15, 0.2) is 6.10 Å². The average molecular weight is 258 g/mol. The molecule has 5 heteroatoms. The Morgan fingerprint density at radius 2 is 1.56 bits per heavy atom. The summed E-state index contributed by atoms with van der Waals surface area (Å²) in [4.78, 5) is 23.3. The van der Waals surface area contributed by atoms with Crippen LogP contribution in [0.3, 0.4) is 0 Å². The smallest absolute Gasteiger partial charge is 0.336 e. The van der Waals surface area contributed by atoms with Crippen LogP contribution in [0.15, 0.2) is 12.7 Å². The van der Waals surface area contributed by atoms with E-state index < -0.39 is 24.0 Å². The lowest BCUT2D eigenvalue weighted by Gasteiger charge is -2.21. The molecule has 0 aromatic heterocycles. The van der Waals surface area contributed by atoms with E-state index in [1.165, 1.54) is 6.08 Å². The summed E-state index contributed by atoms with van der Waals surface area (Å²) >= 11 is 0. The van der Waals surface area contributed by atoms with Crippen LogP contribution in [-0.2, 0) is 19.1 Å². The van der Waals surface area contributed by atoms with E-state index in [0.29, 0.717) is 0 Å². The number of carbonyl (C=O) groups excluding carboxylic acids is 2. The highest BCUT2D eigenvalue weighted by molar-refractivity contribution is 5.83. The van der Waals surface area contributed by atoms with Crippen molar-refractivity contribution in [2.24, 2.45) is 5.92 Å². The number of hydrogen-bond donors (Lipinski definition) is 1. The summed E-state index contributed by atoms with van der Waals surface area (Å²) in [6.45, 7) is 10.2. The van der Waals surface area contributed by atoms with Crippen LogP contribution in [0.5, 0.6) is 0 Å². The van der Waals surface area contributed by atoms with E-state index in [9.17, 15) is 14.7 Å². The van der Waals surface area contributed by atoms with E-state index >= 15 is 0 Å². The summed E-state index contributed by atoms with van der Waals surface area (Å²) < 4.78 is 9.85. The summed E-state index contributed by atoms with van der Waals surface area (Å²) in [6.07, 6.45) is -0.578. The number of allylic oxidation sites excluding steroid dienone is 1. The summed E-state index contributed by atoms with van der Waals surface area (Å²) in [5.41, 5.74) is 0. The number of rotatable bonds is 7. The lowest BCUT2D eigenvalue weighted by molar-refractivity contribution is -0.170. The summed E-state index contributed by atoms with van der Waals surface area (Å²) in [5.74, 6) is -2.42. The highest BCUT2D eigenvalue weighted by atomic mass is 16.6. The van der Waals surface area contributed by atoms with Crippen LogP contribution in [-0.4, -0.2) is 35.4 Å². The largest absolute Gasteiger partial charge is 0.463 e. The van der Waals surface area contributed by atoms with Crippen LogP contribution < -0.4 is 0 Å². The SMILES string of the molecule is C=CCC(C(=O)OC(C)C)[C@H](O)C(=O)OC(C)C. The number of aliphatic hydroxyl groups excluding tert-OH is 1. The Hall–Kier alpha value is -1.36. The van der Waals surface area contributed by atoms with Gasteiger partial charge in [0, 0.05) is 0 Å². The lowest BCUT2D eigenvalue weighted by Crippen LogP contribution is -2.38. The molecule has 0 aliphatic carbocycles. The van der Waals surface area contributed by atoms with Crippen molar-refractivity contribution >= 4 is 11.9 Å². The molecule has 0 radical (unpaired) electrons. The van der Waals surface area contributed by atoms with Gasteiger partial charge in [-0.25, -0.2) is 4.79 Å². The predicted molar refractivity (Wildman–Crippen MR) is 66.8 cm³/mol. The summed E-state index contributed by atoms with van der Waals surface area (Å²) in [6, 6.07) is 0. The molecule has 5 nitrogen and oxygen atoms in total. The number of esters is 2. The minimum absolute atomic E-state index is 0.153. The molecular formula is C13H22O5. The van der Waals surface area contributed by atoms with Crippen LogP contribution in [0.4, 0.5) is 0 Å². The van der Waals surface area contributed by atoms with Gasteiger partial charge in [0.2, 0.25) is 0 Å². The third kappa shape index (κ3) is 5.82. The van der Waals surface area contributed by atoms with Crippen molar-refractivity contribution in [3.05, 3.63) is 12.7 Å². The summed E-state index contributed by atoms with van der Waals surface area (Å²) in [5, 5.41) is 9.82. The number of hydrogen-bond acceptors (Lipinski definition) is 5. The minimum Gasteiger partial charge on any atom is -0.463 e. The van der Waals surface area contributed by atoms with Crippen molar-refractivity contribution in [3.8, 4) is 0 Å². The van der Waals surface area contributed by atoms with Gasteiger partial charge in [-0.05, 0) is 34.1 Å². The van der Waals surface area contributed by atoms with Crippen LogP contribution in [0.2, 0.25) is 0 Å². The molecule has 0 aromatic rings. The van der Waals surface area contributed by atoms with E-state index in [2.05, 4.69) is 6.58 Å². The Bertz CT molecular complexity index is 296. The monoisotopic (exact) mass is 258 g/mol. The Labute approximate surface area is 108 Å². The van der Waals surface area contributed by atoms with Gasteiger partial charge < -0.3 is 14.6 Å². The van der Waals surface area contributed by atoms with E-state index in [1.54, 1.807) is 27.7 Å². The maximum absolute atomic E-state index is 11.7. The van der Waals surface area contributed by atoms with Gasteiger partial charge in [0.05, 0.1) is 18.1 Å². The van der Waals surface area contributed by atoms with Gasteiger partial charge in [0.1, 0.15) is 0 Å². The first-order valence-corrected chi connectivity index (χ1v) is 5.99. The van der Waals surface area contributed by atoms with E-state index in [-0.39, 0.29) is 18.6 Å². The lowest BCUT2D eigenvalue weighted by atomic mass is 9.98. The van der Waals surface area contributed by atoms with Gasteiger partial charge >= 0.3 is 11.9 Å². The third-order valence-electron chi connectivity index (χ3n) is 2.05. The van der Waals surface area contributed by atoms with Gasteiger partial charge in [0.25, 0.3) is 0 Å². The van der Waals surface area contributed by atoms with Crippen molar-refractivity contribution in [2.75, 3.05) is 0 Å². The molecule has 0 aliphatic heterocycles. The molecule has 0 heterocycles. The maximum Gasteiger partial charge on any atom is 0.336 e. The molecule has 0 rings (SSSR count). The Morgan fingerprint density at radius 3 is 1.94 bits per heavy atom. The first-order chi connectivity index (χ1) is 8.29. The van der Waals surface area contributed by atoms with E-state index in [0.717, 1.165) is 0 Å². The molecule has 2 atom stereocenters. The van der Waals surface area contributed by atoms with Crippen molar-refractivity contribution in [3.63, 3.8) is 0 Å². The van der Waals surface area contributed by atoms with Crippen LogP contribution in [0.25, 0.3) is 0 Å². The molecule has 104 valence electrons. The Morgan fingerprint density at radius 1 is 1.11 bits per heavy atom. The van der Waals surface area contributed by atoms with E-state index in [4.69, 9.17) is 9.47 Å². The summed E-state index contributed by atoms with van der Waals surface area (Å²) in [7, 11) is 0. The fourth-order valence-electron chi connectivity index (χ4n) is 1.32. The van der Waals surface area contributed by atoms with Crippen LogP contribution in [0.1, 0.15) is 34.1 Å². The topological polar surface area (TPSA) is 72.8 Å². The fourth-order valence-corrected chi connectivity index (χ4v) is 1.32. The number of carbonyl (C=O) groups is 2. The van der Waals surface area contributed by atoms with Crippen molar-refractivity contribution in [1.29, 1.82) is 0 Å². The molecule has 0 amide bonds. The first-order valence-electron chi connectivity index (χ1n) is 5.99. The normalized spacial score (nSPS) is 14.2. The average Bonchev–Trinajstić information content (AvgIpc) is 2.22. The maximum atomic E-state index is 11.7. The molecule has 1 unspecified atom stereocenters. The molecular weight excluding hydrogens is 236 g/mol. The molecule has 18 heavy (non-hydrogen) atoms.